The van der Waals surface area contributed by atoms with Crippen LogP contribution in [-0.4, -0.2) is 22.6 Å². The molecule has 2 bridgehead atoms. The highest BCUT2D eigenvalue weighted by molar-refractivity contribution is 7.99. The molecule has 0 heterocycles. The zero-order valence-corrected chi connectivity index (χ0v) is 12.5. The molecule has 3 heteroatoms. The lowest BCUT2D eigenvalue weighted by Crippen LogP contribution is -2.50. The standard InChI is InChI=1S/C15H26O2S/c1-15(2)12-7-11(8-13(15)9-12)5-3-4-6-18-10-14(16)17/h11-13H,3-10H2,1-2H3,(H,16,17)/t11?,12-,13?/m0/s1. The van der Waals surface area contributed by atoms with Gasteiger partial charge in [0.1, 0.15) is 0 Å². The lowest BCUT2D eigenvalue weighted by Gasteiger charge is -2.59. The third-order valence-corrected chi connectivity index (χ3v) is 6.31. The molecule has 0 aromatic carbocycles. The molecule has 104 valence electrons. The Kier molecular flexibility index (Phi) is 4.63. The predicted molar refractivity (Wildman–Crippen MR) is 76.9 cm³/mol. The number of aliphatic carboxylic acids is 1. The van der Waals surface area contributed by atoms with Gasteiger partial charge in [0.25, 0.3) is 0 Å². The first-order valence-electron chi connectivity index (χ1n) is 7.29. The maximum Gasteiger partial charge on any atom is 0.313 e. The second kappa shape index (κ2) is 5.85. The number of fused-ring (bicyclic) bond motifs is 2. The normalized spacial score (nSPS) is 32.9. The largest absolute Gasteiger partial charge is 0.481 e. The van der Waals surface area contributed by atoms with Crippen molar-refractivity contribution in [2.45, 2.75) is 52.4 Å². The van der Waals surface area contributed by atoms with Crippen LogP contribution in [0.1, 0.15) is 52.4 Å². The van der Waals surface area contributed by atoms with Crippen LogP contribution in [0.25, 0.3) is 0 Å². The summed E-state index contributed by atoms with van der Waals surface area (Å²) in [4.78, 5) is 10.4. The average Bonchev–Trinajstić information content (AvgIpc) is 2.33. The molecular formula is C15H26O2S. The molecule has 3 rings (SSSR count). The monoisotopic (exact) mass is 270 g/mol. The van der Waals surface area contributed by atoms with Crippen LogP contribution in [0.15, 0.2) is 0 Å². The van der Waals surface area contributed by atoms with Crippen molar-refractivity contribution in [1.82, 2.24) is 0 Å². The van der Waals surface area contributed by atoms with Crippen molar-refractivity contribution in [3.63, 3.8) is 0 Å². The topological polar surface area (TPSA) is 37.3 Å². The molecule has 3 aliphatic rings. The van der Waals surface area contributed by atoms with Crippen LogP contribution in [0.3, 0.4) is 0 Å². The molecule has 0 amide bonds. The van der Waals surface area contributed by atoms with Gasteiger partial charge in [0.05, 0.1) is 5.75 Å². The maximum atomic E-state index is 10.4. The highest BCUT2D eigenvalue weighted by atomic mass is 32.2. The van der Waals surface area contributed by atoms with Gasteiger partial charge in [-0.15, -0.1) is 0 Å². The number of hydrogen-bond acceptors (Lipinski definition) is 2. The molecule has 18 heavy (non-hydrogen) atoms. The highest BCUT2D eigenvalue weighted by Crippen LogP contribution is 2.61. The smallest absolute Gasteiger partial charge is 0.313 e. The predicted octanol–water partition coefficient (Wildman–Crippen LogP) is 4.05. The fraction of sp³-hybridized carbons (Fsp3) is 0.933. The van der Waals surface area contributed by atoms with E-state index in [1.807, 2.05) is 0 Å². The van der Waals surface area contributed by atoms with E-state index in [-0.39, 0.29) is 5.75 Å². The number of unbranched alkanes of at least 4 members (excludes halogenated alkanes) is 1. The van der Waals surface area contributed by atoms with Gasteiger partial charge >= 0.3 is 5.97 Å². The summed E-state index contributed by atoms with van der Waals surface area (Å²) in [6.45, 7) is 4.90. The van der Waals surface area contributed by atoms with Gasteiger partial charge in [-0.3, -0.25) is 4.79 Å². The molecule has 3 aliphatic carbocycles. The molecule has 0 saturated heterocycles. The van der Waals surface area contributed by atoms with E-state index in [1.165, 1.54) is 38.5 Å². The molecule has 1 N–H and O–H groups in total. The minimum Gasteiger partial charge on any atom is -0.481 e. The number of carboxylic acid groups (broad SMARTS) is 1. The van der Waals surface area contributed by atoms with Crippen molar-refractivity contribution in [3.05, 3.63) is 0 Å². The van der Waals surface area contributed by atoms with Crippen molar-refractivity contribution >= 4 is 17.7 Å². The first-order chi connectivity index (χ1) is 8.50. The van der Waals surface area contributed by atoms with Crippen LogP contribution < -0.4 is 0 Å². The number of rotatable bonds is 7. The Hall–Kier alpha value is -0.180. The average molecular weight is 270 g/mol. The Morgan fingerprint density at radius 2 is 1.89 bits per heavy atom. The second-order valence-electron chi connectivity index (χ2n) is 6.73. The molecule has 0 radical (unpaired) electrons. The van der Waals surface area contributed by atoms with Crippen LogP contribution in [-0.2, 0) is 4.79 Å². The summed E-state index contributed by atoms with van der Waals surface area (Å²) in [7, 11) is 0. The summed E-state index contributed by atoms with van der Waals surface area (Å²) in [6, 6.07) is 0. The summed E-state index contributed by atoms with van der Waals surface area (Å²) in [6.07, 6.45) is 8.23. The molecule has 0 spiro atoms. The molecule has 2 nitrogen and oxygen atoms in total. The van der Waals surface area contributed by atoms with Crippen molar-refractivity contribution in [3.8, 4) is 0 Å². The maximum absolute atomic E-state index is 10.4. The van der Waals surface area contributed by atoms with E-state index in [9.17, 15) is 4.79 Å². The van der Waals surface area contributed by atoms with Crippen LogP contribution in [0.4, 0.5) is 0 Å². The summed E-state index contributed by atoms with van der Waals surface area (Å²) >= 11 is 1.56. The lowest BCUT2D eigenvalue weighted by atomic mass is 9.46. The Balaban J connectivity index is 1.53. The number of carboxylic acids is 1. The van der Waals surface area contributed by atoms with Gasteiger partial charge in [-0.1, -0.05) is 26.7 Å². The Labute approximate surface area is 115 Å². The fourth-order valence-corrected chi connectivity index (χ4v) is 4.58. The van der Waals surface area contributed by atoms with Crippen LogP contribution in [0.5, 0.6) is 0 Å². The van der Waals surface area contributed by atoms with Crippen LogP contribution in [0.2, 0.25) is 0 Å². The van der Waals surface area contributed by atoms with E-state index < -0.39 is 5.97 Å². The van der Waals surface area contributed by atoms with Crippen molar-refractivity contribution < 1.29 is 9.90 Å². The van der Waals surface area contributed by atoms with E-state index >= 15 is 0 Å². The van der Waals surface area contributed by atoms with Crippen LogP contribution >= 0.6 is 11.8 Å². The first kappa shape index (κ1) is 14.2. The fourth-order valence-electron chi connectivity index (χ4n) is 3.86. The summed E-state index contributed by atoms with van der Waals surface area (Å²) in [5.74, 6) is 3.53. The summed E-state index contributed by atoms with van der Waals surface area (Å²) in [5.41, 5.74) is 0.633. The zero-order valence-electron chi connectivity index (χ0n) is 11.7. The van der Waals surface area contributed by atoms with E-state index in [1.54, 1.807) is 11.8 Å². The molecule has 3 fully saturated rings. The van der Waals surface area contributed by atoms with Gasteiger partial charge in [0.15, 0.2) is 0 Å². The Morgan fingerprint density at radius 3 is 2.44 bits per heavy atom. The quantitative estimate of drug-likeness (QED) is 0.709. The third kappa shape index (κ3) is 3.23. The van der Waals surface area contributed by atoms with E-state index in [2.05, 4.69) is 13.8 Å². The van der Waals surface area contributed by atoms with Gasteiger partial charge in [-0.2, -0.15) is 11.8 Å². The zero-order chi connectivity index (χ0) is 13.2. The van der Waals surface area contributed by atoms with E-state index in [0.29, 0.717) is 5.41 Å². The van der Waals surface area contributed by atoms with Crippen molar-refractivity contribution in [2.75, 3.05) is 11.5 Å². The molecule has 2 unspecified atom stereocenters. The number of thioether (sulfide) groups is 1. The van der Waals surface area contributed by atoms with Gasteiger partial charge < -0.3 is 5.11 Å². The van der Waals surface area contributed by atoms with Gasteiger partial charge in [-0.25, -0.2) is 0 Å². The Morgan fingerprint density at radius 1 is 1.22 bits per heavy atom. The Bertz CT molecular complexity index is 287. The number of carbonyl (C=O) groups is 1. The van der Waals surface area contributed by atoms with Crippen molar-refractivity contribution in [2.24, 2.45) is 23.2 Å². The first-order valence-corrected chi connectivity index (χ1v) is 8.45. The molecule has 3 atom stereocenters. The van der Waals surface area contributed by atoms with Crippen molar-refractivity contribution in [1.29, 1.82) is 0 Å². The van der Waals surface area contributed by atoms with Gasteiger partial charge in [0.2, 0.25) is 0 Å². The molecule has 0 aromatic heterocycles. The SMILES string of the molecule is CC1(C)C2CC(CCCCSCC(=O)O)C[C@H]1C2. The lowest BCUT2D eigenvalue weighted by molar-refractivity contribution is -0.133. The highest BCUT2D eigenvalue weighted by Gasteiger charge is 2.52. The second-order valence-corrected chi connectivity index (χ2v) is 7.84. The summed E-state index contributed by atoms with van der Waals surface area (Å²) in [5, 5.41) is 8.54. The molecule has 0 aliphatic heterocycles. The third-order valence-electron chi connectivity index (χ3n) is 5.29. The van der Waals surface area contributed by atoms with E-state index in [4.69, 9.17) is 5.11 Å². The minimum atomic E-state index is -0.686. The summed E-state index contributed by atoms with van der Waals surface area (Å²) < 4.78 is 0. The van der Waals surface area contributed by atoms with Gasteiger partial charge in [-0.05, 0) is 54.6 Å². The molecule has 3 saturated carbocycles. The number of hydrogen-bond donors (Lipinski definition) is 1. The van der Waals surface area contributed by atoms with Gasteiger partial charge in [0, 0.05) is 0 Å². The molecular weight excluding hydrogens is 244 g/mol. The molecule has 0 aromatic rings. The van der Waals surface area contributed by atoms with Crippen LogP contribution in [0, 0.1) is 23.2 Å². The minimum absolute atomic E-state index is 0.266. The van der Waals surface area contributed by atoms with E-state index in [0.717, 1.165) is 23.5 Å².